The van der Waals surface area contributed by atoms with Crippen molar-refractivity contribution in [3.8, 4) is 23.0 Å². The molecule has 8 bridgehead atoms. The maximum atomic E-state index is 14.1. The lowest BCUT2D eigenvalue weighted by atomic mass is 9.79. The maximum Gasteiger partial charge on any atom is 0.412 e. The first-order valence-electron chi connectivity index (χ1n) is 28.1. The van der Waals surface area contributed by atoms with E-state index in [1.54, 1.807) is 0 Å². The number of rotatable bonds is 16. The lowest BCUT2D eigenvalue weighted by Gasteiger charge is -2.29. The molecular formula is C64H92N4O8. The lowest BCUT2D eigenvalue weighted by molar-refractivity contribution is 0.198. The average Bonchev–Trinajstić information content (AvgIpc) is 3.31. The quantitative estimate of drug-likeness (QED) is 0.0713. The van der Waals surface area contributed by atoms with E-state index in [2.05, 4.69) is 181 Å². The Morgan fingerprint density at radius 3 is 0.618 bits per heavy atom. The molecule has 4 aromatic carbocycles. The molecule has 12 heteroatoms. The fourth-order valence-electron chi connectivity index (χ4n) is 9.13. The summed E-state index contributed by atoms with van der Waals surface area (Å²) >= 11 is 0. The first-order valence-corrected chi connectivity index (χ1v) is 28.1. The van der Waals surface area contributed by atoms with Crippen LogP contribution in [0.25, 0.3) is 0 Å². The second-order valence-electron chi connectivity index (χ2n) is 24.9. The van der Waals surface area contributed by atoms with Gasteiger partial charge in [-0.25, -0.2) is 19.2 Å². The highest BCUT2D eigenvalue weighted by Crippen LogP contribution is 2.44. The third-order valence-corrected chi connectivity index (χ3v) is 13.9. The Hall–Kier alpha value is -6.04. The van der Waals surface area contributed by atoms with Gasteiger partial charge in [-0.1, -0.05) is 185 Å². The van der Waals surface area contributed by atoms with E-state index in [1.807, 2.05) is 0 Å². The van der Waals surface area contributed by atoms with Gasteiger partial charge in [0.05, 0.1) is 0 Å². The van der Waals surface area contributed by atoms with E-state index in [0.29, 0.717) is 93.7 Å². The summed E-state index contributed by atoms with van der Waals surface area (Å²) in [6.07, 6.45) is 5.15. The fraction of sp³-hybridized carbons (Fsp3) is 0.562. The molecule has 0 fully saturated rings. The Morgan fingerprint density at radius 2 is 0.487 bits per heavy atom. The van der Waals surface area contributed by atoms with E-state index in [9.17, 15) is 19.2 Å². The zero-order valence-corrected chi connectivity index (χ0v) is 49.2. The second-order valence-corrected chi connectivity index (χ2v) is 24.9. The highest BCUT2D eigenvalue weighted by molar-refractivity contribution is 5.76. The Balaban J connectivity index is 2.04. The van der Waals surface area contributed by atoms with Crippen molar-refractivity contribution < 1.29 is 38.1 Å². The van der Waals surface area contributed by atoms with Gasteiger partial charge in [-0.2, -0.15) is 0 Å². The van der Waals surface area contributed by atoms with Gasteiger partial charge in [-0.15, -0.1) is 0 Å². The molecule has 1 aliphatic rings. The highest BCUT2D eigenvalue weighted by atomic mass is 16.6. The molecule has 76 heavy (non-hydrogen) atoms. The van der Waals surface area contributed by atoms with E-state index in [0.717, 1.165) is 73.6 Å². The topological polar surface area (TPSA) is 153 Å². The van der Waals surface area contributed by atoms with Crippen LogP contribution in [-0.2, 0) is 47.3 Å². The summed E-state index contributed by atoms with van der Waals surface area (Å²) in [6.45, 7) is 35.9. The monoisotopic (exact) mass is 1040 g/mol. The van der Waals surface area contributed by atoms with Crippen LogP contribution in [-0.4, -0.2) is 50.6 Å². The molecular weight excluding hydrogens is 953 g/mol. The zero-order valence-electron chi connectivity index (χ0n) is 49.2. The highest BCUT2D eigenvalue weighted by Gasteiger charge is 2.31. The largest absolute Gasteiger partial charge is 0.412 e. The standard InChI is InChI=1S/C64H92N4O8/c1-17-21-25-65-57(69)73-53-41-29-43-35-50(62(8,9)10)37-45(54(43)74-58(70)66-26-22-18-2)31-47-39-52(64(14,15)16)40-48(56(47)76-60(72)68-28-24-20-4)32-46-38-51(63(11,12)13)36-44(55(46)75-59(71)67-27-23-19-3)30-42(53)34-49(33-41)61(5,6)7/h33-40H,17-32H2,1-16H3,(H,65,69)(H,66,70)(H,67,71)(H,68,72). The third kappa shape index (κ3) is 17.0. The first kappa shape index (κ1) is 60.8. The van der Waals surface area contributed by atoms with Gasteiger partial charge in [0.25, 0.3) is 0 Å². The maximum absolute atomic E-state index is 14.1. The summed E-state index contributed by atoms with van der Waals surface area (Å²) in [5.41, 5.74) is 8.23. The van der Waals surface area contributed by atoms with Crippen molar-refractivity contribution in [1.29, 1.82) is 0 Å². The number of hydrogen-bond donors (Lipinski definition) is 4. The van der Waals surface area contributed by atoms with Crippen LogP contribution in [0.5, 0.6) is 23.0 Å². The van der Waals surface area contributed by atoms with Gasteiger partial charge in [0.15, 0.2) is 0 Å². The Labute approximate surface area is 455 Å². The van der Waals surface area contributed by atoms with Crippen molar-refractivity contribution in [2.45, 2.75) is 209 Å². The third-order valence-electron chi connectivity index (χ3n) is 13.9. The molecule has 0 saturated carbocycles. The van der Waals surface area contributed by atoms with Gasteiger partial charge in [0.1, 0.15) is 23.0 Å². The summed E-state index contributed by atoms with van der Waals surface area (Å²) < 4.78 is 26.3. The second kappa shape index (κ2) is 26.3. The molecule has 12 nitrogen and oxygen atoms in total. The van der Waals surface area contributed by atoms with Crippen molar-refractivity contribution in [1.82, 2.24) is 21.3 Å². The van der Waals surface area contributed by atoms with Crippen molar-refractivity contribution in [3.63, 3.8) is 0 Å². The molecule has 416 valence electrons. The normalized spacial score (nSPS) is 12.8. The van der Waals surface area contributed by atoms with Crippen LogP contribution < -0.4 is 40.2 Å². The van der Waals surface area contributed by atoms with Gasteiger partial charge >= 0.3 is 24.4 Å². The summed E-state index contributed by atoms with van der Waals surface area (Å²) in [6, 6.07) is 16.8. The van der Waals surface area contributed by atoms with Gasteiger partial charge in [0.2, 0.25) is 0 Å². The summed E-state index contributed by atoms with van der Waals surface area (Å²) in [5.74, 6) is 1.50. The van der Waals surface area contributed by atoms with Gasteiger partial charge in [0, 0.05) is 96.4 Å². The Kier molecular flexibility index (Phi) is 21.1. The lowest BCUT2D eigenvalue weighted by Crippen LogP contribution is -2.30. The number of nitrogens with one attached hydrogen (secondary N) is 4. The molecule has 5 rings (SSSR count). The minimum atomic E-state index is -0.583. The van der Waals surface area contributed by atoms with E-state index in [-0.39, 0.29) is 47.3 Å². The molecule has 0 radical (unpaired) electrons. The molecule has 4 amide bonds. The van der Waals surface area contributed by atoms with E-state index in [4.69, 9.17) is 18.9 Å². The number of ether oxygens (including phenoxy) is 4. The SMILES string of the molecule is CCCCNC(=O)Oc1c2cc(C(C)(C)C)cc1Cc1cc(C(C)(C)C)cc(c1OC(=O)NCCCC)Cc1cc(C(C)(C)C)cc(c1OC(=O)NCCCC)Cc1cc(C(C)(C)C)cc(c1OC(=O)NCCCC)C2. The van der Waals surface area contributed by atoms with Gasteiger partial charge < -0.3 is 40.2 Å². The van der Waals surface area contributed by atoms with Gasteiger partial charge in [-0.3, -0.25) is 0 Å². The molecule has 0 spiro atoms. The van der Waals surface area contributed by atoms with Crippen LogP contribution in [0.3, 0.4) is 0 Å². The molecule has 0 unspecified atom stereocenters. The number of benzene rings is 4. The molecule has 0 aliphatic heterocycles. The van der Waals surface area contributed by atoms with E-state index < -0.39 is 24.4 Å². The van der Waals surface area contributed by atoms with Crippen molar-refractivity contribution in [2.24, 2.45) is 0 Å². The van der Waals surface area contributed by atoms with E-state index in [1.165, 1.54) is 0 Å². The first-order chi connectivity index (χ1) is 35.7. The molecule has 4 N–H and O–H groups in total. The smallest absolute Gasteiger partial charge is 0.410 e. The summed E-state index contributed by atoms with van der Waals surface area (Å²) in [7, 11) is 0. The van der Waals surface area contributed by atoms with Crippen LogP contribution in [0, 0.1) is 0 Å². The average molecular weight is 1050 g/mol. The van der Waals surface area contributed by atoms with Crippen LogP contribution >= 0.6 is 0 Å². The molecule has 0 heterocycles. The minimum absolute atomic E-state index is 0.204. The number of amides is 4. The zero-order chi connectivity index (χ0) is 56.2. The predicted octanol–water partition coefficient (Wildman–Crippen LogP) is 15.1. The molecule has 4 aromatic rings. The molecule has 1 aliphatic carbocycles. The van der Waals surface area contributed by atoms with Crippen LogP contribution in [0.2, 0.25) is 0 Å². The molecule has 0 atom stereocenters. The fourth-order valence-corrected chi connectivity index (χ4v) is 9.13. The number of fused-ring (bicyclic) bond motifs is 8. The predicted molar refractivity (Wildman–Crippen MR) is 308 cm³/mol. The number of hydrogen-bond acceptors (Lipinski definition) is 8. The van der Waals surface area contributed by atoms with Gasteiger partial charge in [-0.05, 0) is 69.6 Å². The summed E-state index contributed by atoms with van der Waals surface area (Å²) in [4.78, 5) is 56.5. The number of unbranched alkanes of at least 4 members (excludes halogenated alkanes) is 4. The van der Waals surface area contributed by atoms with Crippen LogP contribution in [0.4, 0.5) is 19.2 Å². The number of carbonyl (C=O) groups excluding carboxylic acids is 4. The van der Waals surface area contributed by atoms with Crippen molar-refractivity contribution in [3.05, 3.63) is 115 Å². The number of carbonyl (C=O) groups is 4. The Bertz CT molecular complexity index is 2220. The minimum Gasteiger partial charge on any atom is -0.410 e. The van der Waals surface area contributed by atoms with Crippen LogP contribution in [0.15, 0.2) is 48.5 Å². The van der Waals surface area contributed by atoms with Crippen LogP contribution in [0.1, 0.15) is 229 Å². The molecule has 0 saturated heterocycles. The van der Waals surface area contributed by atoms with Crippen molar-refractivity contribution in [2.75, 3.05) is 26.2 Å². The summed E-state index contributed by atoms with van der Waals surface area (Å²) in [5, 5.41) is 11.9. The molecule has 0 aromatic heterocycles. The van der Waals surface area contributed by atoms with Crippen molar-refractivity contribution >= 4 is 24.4 Å². The van der Waals surface area contributed by atoms with E-state index >= 15 is 0 Å². The Morgan fingerprint density at radius 1 is 0.329 bits per heavy atom.